The summed E-state index contributed by atoms with van der Waals surface area (Å²) >= 11 is 0. The predicted molar refractivity (Wildman–Crippen MR) is 210 cm³/mol. The summed E-state index contributed by atoms with van der Waals surface area (Å²) in [6, 6.07) is 20.7. The van der Waals surface area contributed by atoms with Gasteiger partial charge in [0.2, 0.25) is 5.88 Å². The number of nitrogens with zero attached hydrogens (tertiary/aromatic N) is 4. The van der Waals surface area contributed by atoms with Crippen LogP contribution in [0, 0.1) is 5.82 Å². The maximum atomic E-state index is 14.9. The number of benzene rings is 3. The number of aromatic nitrogens is 3. The molecular formula is C42H48FN5O7S. The lowest BCUT2D eigenvalue weighted by Crippen LogP contribution is -2.38. The molecule has 2 N–H and O–H groups in total. The maximum absolute atomic E-state index is 14.9. The fraction of sp³-hybridized carbons (Fsp3) is 0.357. The van der Waals surface area contributed by atoms with E-state index in [-0.39, 0.29) is 42.9 Å². The molecule has 0 radical (unpaired) electrons. The number of methoxy groups -OCH3 is 2. The summed E-state index contributed by atoms with van der Waals surface area (Å²) in [6.07, 6.45) is 1.73. The van der Waals surface area contributed by atoms with E-state index in [1.807, 2.05) is 52.0 Å². The highest BCUT2D eigenvalue weighted by atomic mass is 32.2. The Morgan fingerprint density at radius 1 is 0.982 bits per heavy atom. The van der Waals surface area contributed by atoms with Crippen LogP contribution in [0.15, 0.2) is 84.0 Å². The number of hydrogen-bond donors (Lipinski definition) is 2. The summed E-state index contributed by atoms with van der Waals surface area (Å²) < 4.78 is 64.6. The molecule has 0 atom stereocenters. The topological polar surface area (TPSA) is 145 Å². The Morgan fingerprint density at radius 3 is 2.18 bits per heavy atom. The van der Waals surface area contributed by atoms with Crippen molar-refractivity contribution in [1.82, 2.24) is 24.4 Å². The van der Waals surface area contributed by atoms with Gasteiger partial charge < -0.3 is 24.6 Å². The minimum Gasteiger partial charge on any atom is -0.497 e. The summed E-state index contributed by atoms with van der Waals surface area (Å²) in [5.74, 6) is -0.00583. The normalized spacial score (nSPS) is 13.2. The number of carboxylic acids is 1. The zero-order valence-corrected chi connectivity index (χ0v) is 33.3. The van der Waals surface area contributed by atoms with Crippen LogP contribution < -0.4 is 19.5 Å². The molecule has 56 heavy (non-hydrogen) atoms. The van der Waals surface area contributed by atoms with Gasteiger partial charge in [0, 0.05) is 37.5 Å². The molecule has 1 aliphatic heterocycles. The van der Waals surface area contributed by atoms with Crippen molar-refractivity contribution in [3.63, 3.8) is 0 Å². The van der Waals surface area contributed by atoms with Gasteiger partial charge in [0.1, 0.15) is 23.9 Å². The van der Waals surface area contributed by atoms with Crippen molar-refractivity contribution in [3.8, 4) is 28.5 Å². The second-order valence-corrected chi connectivity index (χ2v) is 16.6. The van der Waals surface area contributed by atoms with Gasteiger partial charge in [0.05, 0.1) is 31.9 Å². The summed E-state index contributed by atoms with van der Waals surface area (Å²) in [4.78, 5) is 16.2. The summed E-state index contributed by atoms with van der Waals surface area (Å²) in [5.41, 5.74) is 4.30. The first kappa shape index (κ1) is 40.4. The second-order valence-electron chi connectivity index (χ2n) is 14.8. The fourth-order valence-electron chi connectivity index (χ4n) is 6.99. The first-order valence-corrected chi connectivity index (χ1v) is 19.9. The van der Waals surface area contributed by atoms with E-state index in [0.717, 1.165) is 16.8 Å². The van der Waals surface area contributed by atoms with E-state index >= 15 is 0 Å². The van der Waals surface area contributed by atoms with Crippen molar-refractivity contribution in [2.75, 3.05) is 27.4 Å². The number of halogens is 1. The van der Waals surface area contributed by atoms with Gasteiger partial charge in [-0.2, -0.15) is 9.40 Å². The minimum atomic E-state index is -4.15. The van der Waals surface area contributed by atoms with E-state index in [1.165, 1.54) is 22.6 Å². The fourth-order valence-corrected chi connectivity index (χ4v) is 8.59. The third-order valence-electron chi connectivity index (χ3n) is 9.91. The molecule has 5 aromatic rings. The van der Waals surface area contributed by atoms with E-state index < -0.39 is 27.3 Å². The zero-order valence-electron chi connectivity index (χ0n) is 32.5. The molecule has 2 aromatic heterocycles. The van der Waals surface area contributed by atoms with Crippen LogP contribution >= 0.6 is 0 Å². The monoisotopic (exact) mass is 785 g/mol. The van der Waals surface area contributed by atoms with Crippen molar-refractivity contribution in [2.24, 2.45) is 0 Å². The van der Waals surface area contributed by atoms with Crippen molar-refractivity contribution in [2.45, 2.75) is 76.7 Å². The van der Waals surface area contributed by atoms with E-state index in [4.69, 9.17) is 19.3 Å². The number of aliphatic carboxylic acids is 1. The number of ether oxygens (including phenoxy) is 3. The van der Waals surface area contributed by atoms with Crippen LogP contribution in [0.5, 0.6) is 17.4 Å². The van der Waals surface area contributed by atoms with Gasteiger partial charge >= 0.3 is 5.97 Å². The number of carbonyl (C=O) groups is 1. The smallest absolute Gasteiger partial charge is 0.307 e. The maximum Gasteiger partial charge on any atom is 0.307 e. The van der Waals surface area contributed by atoms with E-state index in [1.54, 1.807) is 55.3 Å². The molecule has 0 bridgehead atoms. The average molecular weight is 786 g/mol. The molecule has 12 nitrogen and oxygen atoms in total. The molecule has 3 heterocycles. The Morgan fingerprint density at radius 2 is 1.61 bits per heavy atom. The van der Waals surface area contributed by atoms with Crippen LogP contribution in [0.25, 0.3) is 11.1 Å². The Hall–Kier alpha value is -5.31. The Kier molecular flexibility index (Phi) is 12.1. The predicted octanol–water partition coefficient (Wildman–Crippen LogP) is 6.70. The van der Waals surface area contributed by atoms with Crippen molar-refractivity contribution in [1.29, 1.82) is 0 Å². The van der Waals surface area contributed by atoms with E-state index in [2.05, 4.69) is 10.3 Å². The minimum absolute atomic E-state index is 0.00208. The molecule has 0 saturated heterocycles. The molecule has 1 aliphatic rings. The molecule has 0 fully saturated rings. The largest absolute Gasteiger partial charge is 0.497 e. The third kappa shape index (κ3) is 8.88. The molecule has 14 heteroatoms. The number of carboxylic acid groups (broad SMARTS) is 1. The quantitative estimate of drug-likeness (QED) is 0.111. The molecule has 0 aliphatic carbocycles. The number of rotatable bonds is 16. The van der Waals surface area contributed by atoms with E-state index in [9.17, 15) is 22.7 Å². The lowest BCUT2D eigenvalue weighted by Gasteiger charge is -2.28. The first-order chi connectivity index (χ1) is 26.7. The van der Waals surface area contributed by atoms with Crippen LogP contribution in [0.3, 0.4) is 0 Å². The lowest BCUT2D eigenvalue weighted by atomic mass is 9.88. The van der Waals surface area contributed by atoms with Crippen LogP contribution in [0.4, 0.5) is 4.39 Å². The van der Waals surface area contributed by atoms with Crippen molar-refractivity contribution >= 4 is 16.0 Å². The molecule has 0 amide bonds. The standard InChI is InChI=1S/C42H48FN5O7S/c1-27(2)35-20-31(43)21-36(37(35)22-40(49)50)30-15-18-45-39(19-30)55-26-42(3,4)48-38-23-44-17-16-34(38)41(46-48)56(51,52)47(24-28-7-11-32(53-5)12-8-28)25-29-9-13-33(54-6)14-10-29/h7-15,18-21,27,44H,16-17,22-26H2,1-6H3,(H,49,50). The molecule has 3 aromatic carbocycles. The van der Waals surface area contributed by atoms with E-state index in [0.29, 0.717) is 58.8 Å². The first-order valence-electron chi connectivity index (χ1n) is 18.4. The van der Waals surface area contributed by atoms with Gasteiger partial charge in [-0.25, -0.2) is 17.8 Å². The molecule has 0 unspecified atom stereocenters. The van der Waals surface area contributed by atoms with Gasteiger partial charge in [-0.05, 0) is 109 Å². The van der Waals surface area contributed by atoms with Gasteiger partial charge in [-0.1, -0.05) is 38.1 Å². The van der Waals surface area contributed by atoms with Gasteiger partial charge in [0.15, 0.2) is 5.03 Å². The summed E-state index contributed by atoms with van der Waals surface area (Å²) in [6.45, 7) is 8.88. The Bertz CT molecular complexity index is 2240. The van der Waals surface area contributed by atoms with Gasteiger partial charge in [0.25, 0.3) is 10.0 Å². The van der Waals surface area contributed by atoms with Crippen molar-refractivity contribution < 1.29 is 36.9 Å². The highest BCUT2D eigenvalue weighted by Gasteiger charge is 2.37. The van der Waals surface area contributed by atoms with Crippen LogP contribution in [0.2, 0.25) is 0 Å². The molecule has 0 saturated carbocycles. The number of fused-ring (bicyclic) bond motifs is 1. The molecular weight excluding hydrogens is 738 g/mol. The Balaban J connectivity index is 1.32. The average Bonchev–Trinajstić information content (AvgIpc) is 3.60. The molecule has 0 spiro atoms. The van der Waals surface area contributed by atoms with Gasteiger partial charge in [-0.15, -0.1) is 0 Å². The highest BCUT2D eigenvalue weighted by molar-refractivity contribution is 7.89. The van der Waals surface area contributed by atoms with Crippen LogP contribution in [-0.4, -0.2) is 65.9 Å². The lowest BCUT2D eigenvalue weighted by molar-refractivity contribution is -0.136. The van der Waals surface area contributed by atoms with Gasteiger partial charge in [-0.3, -0.25) is 9.48 Å². The number of hydrogen-bond acceptors (Lipinski definition) is 9. The SMILES string of the molecule is COc1ccc(CN(Cc2ccc(OC)cc2)S(=O)(=O)c2nn(C(C)(C)COc3cc(-c4cc(F)cc(C(C)C)c4CC(=O)O)ccn3)c3c2CCNC3)cc1. The highest BCUT2D eigenvalue weighted by Crippen LogP contribution is 2.35. The summed E-state index contributed by atoms with van der Waals surface area (Å²) in [7, 11) is -0.990. The number of nitrogens with one attached hydrogen (secondary N) is 1. The number of sulfonamides is 1. The van der Waals surface area contributed by atoms with Crippen LogP contribution in [0.1, 0.15) is 67.1 Å². The number of pyridine rings is 1. The Labute approximate surface area is 327 Å². The zero-order chi connectivity index (χ0) is 40.2. The summed E-state index contributed by atoms with van der Waals surface area (Å²) in [5, 5.41) is 17.9. The third-order valence-corrected chi connectivity index (χ3v) is 11.7. The van der Waals surface area contributed by atoms with Crippen LogP contribution in [-0.2, 0) is 52.8 Å². The van der Waals surface area contributed by atoms with Crippen molar-refractivity contribution in [3.05, 3.63) is 118 Å². The second kappa shape index (κ2) is 16.8. The molecule has 296 valence electrons. The molecule has 6 rings (SSSR count).